The van der Waals surface area contributed by atoms with Gasteiger partial charge in [0, 0.05) is 11.8 Å². The van der Waals surface area contributed by atoms with Crippen molar-refractivity contribution in [3.63, 3.8) is 0 Å². The molecule has 1 rings (SSSR count). The molecule has 0 bridgehead atoms. The van der Waals surface area contributed by atoms with Gasteiger partial charge < -0.3 is 10.1 Å². The molecule has 1 aromatic rings. The van der Waals surface area contributed by atoms with Gasteiger partial charge in [-0.2, -0.15) is 4.98 Å². The first kappa shape index (κ1) is 10.6. The van der Waals surface area contributed by atoms with Crippen LogP contribution in [0.3, 0.4) is 0 Å². The van der Waals surface area contributed by atoms with Crippen LogP contribution >= 0.6 is 0 Å². The van der Waals surface area contributed by atoms with Gasteiger partial charge in [0.2, 0.25) is 0 Å². The Bertz CT molecular complexity index is 307. The number of aryl methyl sites for hydroxylation is 1. The molecule has 4 nitrogen and oxygen atoms in total. The lowest BCUT2D eigenvalue weighted by atomic mass is 10.4. The van der Waals surface area contributed by atoms with E-state index in [4.69, 9.17) is 4.74 Å². The van der Waals surface area contributed by atoms with Crippen LogP contribution in [0.1, 0.15) is 5.69 Å². The molecule has 1 heterocycles. The lowest BCUT2D eigenvalue weighted by molar-refractivity contribution is 0.163. The van der Waals surface area contributed by atoms with E-state index >= 15 is 0 Å². The van der Waals surface area contributed by atoms with Crippen LogP contribution in [-0.2, 0) is 0 Å². The standard InChI is InChI=1S/C8H11F2N3O/c1-5-3-7(11-4-6(9)10)13-8(12-5)14-2/h3,6H,4H2,1-2H3,(H,11,12,13). The number of hydrogen-bond donors (Lipinski definition) is 1. The smallest absolute Gasteiger partial charge is 0.318 e. The van der Waals surface area contributed by atoms with Crippen molar-refractivity contribution < 1.29 is 13.5 Å². The zero-order chi connectivity index (χ0) is 10.6. The van der Waals surface area contributed by atoms with Gasteiger partial charge in [0.05, 0.1) is 13.7 Å². The van der Waals surface area contributed by atoms with Crippen molar-refractivity contribution in [2.24, 2.45) is 0 Å². The van der Waals surface area contributed by atoms with Gasteiger partial charge in [0.25, 0.3) is 6.43 Å². The summed E-state index contributed by atoms with van der Waals surface area (Å²) in [6, 6.07) is 1.74. The molecule has 1 N–H and O–H groups in total. The molecular formula is C8H11F2N3O. The number of ether oxygens (including phenoxy) is 1. The van der Waals surface area contributed by atoms with E-state index in [1.165, 1.54) is 7.11 Å². The minimum absolute atomic E-state index is 0.168. The third-order valence-corrected chi connectivity index (χ3v) is 1.45. The Morgan fingerprint density at radius 3 is 2.79 bits per heavy atom. The number of nitrogens with zero attached hydrogens (tertiary/aromatic N) is 2. The fourth-order valence-electron chi connectivity index (χ4n) is 0.905. The second kappa shape index (κ2) is 4.69. The van der Waals surface area contributed by atoms with Crippen LogP contribution in [-0.4, -0.2) is 30.0 Å². The summed E-state index contributed by atoms with van der Waals surface area (Å²) in [4.78, 5) is 7.76. The van der Waals surface area contributed by atoms with Crippen molar-refractivity contribution >= 4 is 5.82 Å². The van der Waals surface area contributed by atoms with Crippen molar-refractivity contribution in [3.8, 4) is 6.01 Å². The lowest BCUT2D eigenvalue weighted by Gasteiger charge is -2.06. The van der Waals surface area contributed by atoms with E-state index in [0.717, 1.165) is 0 Å². The molecule has 0 unspecified atom stereocenters. The second-order valence-electron chi connectivity index (χ2n) is 2.65. The number of nitrogens with one attached hydrogen (secondary N) is 1. The fourth-order valence-corrected chi connectivity index (χ4v) is 0.905. The number of aromatic nitrogens is 2. The number of hydrogen-bond acceptors (Lipinski definition) is 4. The molecule has 0 aromatic carbocycles. The van der Waals surface area contributed by atoms with Crippen LogP contribution < -0.4 is 10.1 Å². The minimum atomic E-state index is -2.41. The molecule has 0 saturated heterocycles. The van der Waals surface area contributed by atoms with Gasteiger partial charge in [-0.25, -0.2) is 13.8 Å². The molecule has 0 atom stereocenters. The first-order valence-corrected chi connectivity index (χ1v) is 4.03. The third kappa shape index (κ3) is 3.12. The summed E-state index contributed by atoms with van der Waals surface area (Å²) in [5.41, 5.74) is 0.661. The summed E-state index contributed by atoms with van der Waals surface area (Å²) < 4.78 is 28.5. The monoisotopic (exact) mass is 203 g/mol. The van der Waals surface area contributed by atoms with Gasteiger partial charge >= 0.3 is 6.01 Å². The van der Waals surface area contributed by atoms with E-state index in [-0.39, 0.29) is 6.01 Å². The van der Waals surface area contributed by atoms with Crippen LogP contribution in [0.15, 0.2) is 6.07 Å². The minimum Gasteiger partial charge on any atom is -0.467 e. The van der Waals surface area contributed by atoms with Crippen molar-refractivity contribution in [1.82, 2.24) is 9.97 Å². The summed E-state index contributed by atoms with van der Waals surface area (Å²) in [6.07, 6.45) is -2.41. The van der Waals surface area contributed by atoms with Gasteiger partial charge in [-0.1, -0.05) is 0 Å². The molecule has 0 amide bonds. The van der Waals surface area contributed by atoms with Crippen LogP contribution in [0, 0.1) is 6.92 Å². The molecule has 0 aliphatic heterocycles. The van der Waals surface area contributed by atoms with Gasteiger partial charge in [-0.3, -0.25) is 0 Å². The largest absolute Gasteiger partial charge is 0.467 e. The van der Waals surface area contributed by atoms with E-state index < -0.39 is 13.0 Å². The molecule has 0 fully saturated rings. The Hall–Kier alpha value is -1.46. The summed E-state index contributed by atoms with van der Waals surface area (Å²) in [5.74, 6) is 0.342. The van der Waals surface area contributed by atoms with Crippen molar-refractivity contribution in [2.45, 2.75) is 13.3 Å². The average molecular weight is 203 g/mol. The highest BCUT2D eigenvalue weighted by molar-refractivity contribution is 5.36. The van der Waals surface area contributed by atoms with E-state index in [9.17, 15) is 8.78 Å². The number of alkyl halides is 2. The van der Waals surface area contributed by atoms with Crippen LogP contribution in [0.2, 0.25) is 0 Å². The average Bonchev–Trinajstić information content (AvgIpc) is 2.14. The van der Waals surface area contributed by atoms with E-state index in [2.05, 4.69) is 15.3 Å². The summed E-state index contributed by atoms with van der Waals surface area (Å²) in [7, 11) is 1.42. The first-order valence-electron chi connectivity index (χ1n) is 4.03. The molecule has 6 heteroatoms. The van der Waals surface area contributed by atoms with Gasteiger partial charge in [0.1, 0.15) is 5.82 Å². The Labute approximate surface area is 80.3 Å². The van der Waals surface area contributed by atoms with Gasteiger partial charge in [0.15, 0.2) is 0 Å². The van der Waals surface area contributed by atoms with Crippen LogP contribution in [0.4, 0.5) is 14.6 Å². The summed E-state index contributed by atoms with van der Waals surface area (Å²) in [5, 5.41) is 2.48. The Kier molecular flexibility index (Phi) is 3.55. The molecule has 0 saturated carbocycles. The lowest BCUT2D eigenvalue weighted by Crippen LogP contribution is -2.12. The van der Waals surface area contributed by atoms with E-state index in [1.54, 1.807) is 13.0 Å². The zero-order valence-electron chi connectivity index (χ0n) is 7.92. The van der Waals surface area contributed by atoms with Crippen molar-refractivity contribution in [2.75, 3.05) is 19.0 Å². The SMILES string of the molecule is COc1nc(C)cc(NCC(F)F)n1. The maximum absolute atomic E-state index is 11.9. The van der Waals surface area contributed by atoms with E-state index in [0.29, 0.717) is 11.5 Å². The van der Waals surface area contributed by atoms with Gasteiger partial charge in [-0.05, 0) is 6.92 Å². The molecule has 0 aliphatic carbocycles. The number of methoxy groups -OCH3 is 1. The van der Waals surface area contributed by atoms with Crippen LogP contribution in [0.25, 0.3) is 0 Å². The quantitative estimate of drug-likeness (QED) is 0.804. The molecular weight excluding hydrogens is 192 g/mol. The first-order chi connectivity index (χ1) is 6.61. The normalized spacial score (nSPS) is 10.4. The maximum atomic E-state index is 11.9. The predicted molar refractivity (Wildman–Crippen MR) is 47.8 cm³/mol. The number of rotatable bonds is 4. The van der Waals surface area contributed by atoms with Gasteiger partial charge in [-0.15, -0.1) is 0 Å². The van der Waals surface area contributed by atoms with Crippen LogP contribution in [0.5, 0.6) is 6.01 Å². The summed E-state index contributed by atoms with van der Waals surface area (Å²) in [6.45, 7) is 1.30. The number of anilines is 1. The molecule has 0 radical (unpaired) electrons. The Morgan fingerprint density at radius 2 is 2.21 bits per heavy atom. The molecule has 1 aromatic heterocycles. The van der Waals surface area contributed by atoms with Crippen molar-refractivity contribution in [3.05, 3.63) is 11.8 Å². The van der Waals surface area contributed by atoms with E-state index in [1.807, 2.05) is 0 Å². The second-order valence-corrected chi connectivity index (χ2v) is 2.65. The highest BCUT2D eigenvalue weighted by Gasteiger charge is 2.05. The molecule has 0 aliphatic rings. The molecule has 14 heavy (non-hydrogen) atoms. The fraction of sp³-hybridized carbons (Fsp3) is 0.500. The highest BCUT2D eigenvalue weighted by atomic mass is 19.3. The summed E-state index contributed by atoms with van der Waals surface area (Å²) >= 11 is 0. The van der Waals surface area contributed by atoms with Crippen molar-refractivity contribution in [1.29, 1.82) is 0 Å². The predicted octanol–water partition coefficient (Wildman–Crippen LogP) is 1.47. The zero-order valence-corrected chi connectivity index (χ0v) is 7.92. The maximum Gasteiger partial charge on any atom is 0.318 e. The Morgan fingerprint density at radius 1 is 1.50 bits per heavy atom. The highest BCUT2D eigenvalue weighted by Crippen LogP contribution is 2.10. The third-order valence-electron chi connectivity index (χ3n) is 1.45. The topological polar surface area (TPSA) is 47.0 Å². The number of halogens is 2. The Balaban J connectivity index is 2.71. The molecule has 0 spiro atoms. The molecule has 78 valence electrons.